The van der Waals surface area contributed by atoms with E-state index in [2.05, 4.69) is 31.7 Å². The zero-order valence-electron chi connectivity index (χ0n) is 22.1. The van der Waals surface area contributed by atoms with Crippen molar-refractivity contribution in [2.24, 2.45) is 5.92 Å². The van der Waals surface area contributed by atoms with E-state index in [1.54, 1.807) is 13.1 Å². The van der Waals surface area contributed by atoms with Crippen molar-refractivity contribution in [2.45, 2.75) is 44.7 Å². The number of rotatable bonds is 10. The number of likely N-dealkylation sites (tertiary alicyclic amines) is 1. The molecule has 2 aromatic rings. The maximum atomic E-state index is 15.0. The highest BCUT2D eigenvalue weighted by molar-refractivity contribution is 6.30. The first-order valence-corrected chi connectivity index (χ1v) is 13.9. The summed E-state index contributed by atoms with van der Waals surface area (Å²) in [4.78, 5) is 31.5. The Hall–Kier alpha value is -2.34. The van der Waals surface area contributed by atoms with E-state index in [1.807, 2.05) is 0 Å². The Morgan fingerprint density at radius 2 is 1.89 bits per heavy atom. The number of esters is 1. The molecule has 2 atom stereocenters. The molecule has 0 N–H and O–H groups in total. The van der Waals surface area contributed by atoms with E-state index in [4.69, 9.17) is 30.8 Å². The number of carbonyl (C=O) groups is 1. The van der Waals surface area contributed by atoms with Gasteiger partial charge in [0.15, 0.2) is 11.0 Å². The van der Waals surface area contributed by atoms with Crippen molar-refractivity contribution in [3.05, 3.63) is 17.2 Å². The molecule has 2 aromatic heterocycles. The minimum absolute atomic E-state index is 0.00690. The third-order valence-corrected chi connectivity index (χ3v) is 8.24. The highest BCUT2D eigenvalue weighted by Gasteiger charge is 2.38. The number of hydrogen-bond donors (Lipinski definition) is 0. The van der Waals surface area contributed by atoms with Crippen LogP contribution >= 0.6 is 11.6 Å². The van der Waals surface area contributed by atoms with Crippen LogP contribution in [0.2, 0.25) is 5.15 Å². The number of likely N-dealkylation sites (N-methyl/N-ethyl adjacent to an activating group) is 1. The van der Waals surface area contributed by atoms with Crippen molar-refractivity contribution >= 4 is 34.3 Å². The van der Waals surface area contributed by atoms with Gasteiger partial charge in [0.25, 0.3) is 0 Å². The van der Waals surface area contributed by atoms with Gasteiger partial charge >= 0.3 is 12.0 Å². The molecule has 208 valence electrons. The maximum absolute atomic E-state index is 15.0. The van der Waals surface area contributed by atoms with Gasteiger partial charge in [-0.3, -0.25) is 9.80 Å². The van der Waals surface area contributed by atoms with Crippen LogP contribution in [0.4, 0.5) is 10.2 Å². The zero-order chi connectivity index (χ0) is 26.6. The Labute approximate surface area is 227 Å². The van der Waals surface area contributed by atoms with Crippen LogP contribution in [0.1, 0.15) is 32.6 Å². The van der Waals surface area contributed by atoms with Crippen LogP contribution in [-0.2, 0) is 14.3 Å². The third-order valence-electron chi connectivity index (χ3n) is 7.97. The Kier molecular flexibility index (Phi) is 8.77. The fraction of sp³-hybridized carbons (Fsp3) is 0.692. The first kappa shape index (κ1) is 27.2. The summed E-state index contributed by atoms with van der Waals surface area (Å²) in [5.41, 5.74) is 0.139. The lowest BCUT2D eigenvalue weighted by atomic mass is 9.98. The van der Waals surface area contributed by atoms with Gasteiger partial charge in [-0.15, -0.1) is 0 Å². The quantitative estimate of drug-likeness (QED) is 0.325. The van der Waals surface area contributed by atoms with Gasteiger partial charge in [0.1, 0.15) is 24.5 Å². The molecule has 2 unspecified atom stereocenters. The topological polar surface area (TPSA) is 93.1 Å². The van der Waals surface area contributed by atoms with Crippen molar-refractivity contribution < 1.29 is 23.4 Å². The molecule has 0 radical (unpaired) electrons. The predicted octanol–water partition coefficient (Wildman–Crippen LogP) is 2.77. The average molecular weight is 551 g/mol. The second-order valence-corrected chi connectivity index (χ2v) is 10.7. The number of piperidine rings is 1. The second kappa shape index (κ2) is 12.2. The highest BCUT2D eigenvalue weighted by atomic mass is 35.5. The van der Waals surface area contributed by atoms with Gasteiger partial charge in [0.2, 0.25) is 0 Å². The molecule has 3 fully saturated rings. The number of pyridine rings is 1. The molecular weight excluding hydrogens is 515 g/mol. The Bertz CT molecular complexity index is 1120. The molecule has 0 spiro atoms. The summed E-state index contributed by atoms with van der Waals surface area (Å²) in [5, 5.41) is 0.344. The van der Waals surface area contributed by atoms with E-state index in [1.165, 1.54) is 0 Å². The molecule has 10 nitrogen and oxygen atoms in total. The number of nitrogens with zero attached hydrogens (tertiary/aromatic N) is 6. The van der Waals surface area contributed by atoms with Gasteiger partial charge in [-0.2, -0.15) is 9.97 Å². The minimum Gasteiger partial charge on any atom is -0.464 e. The molecule has 5 rings (SSSR count). The molecule has 12 heteroatoms. The molecule has 3 aliphatic heterocycles. The van der Waals surface area contributed by atoms with E-state index in [-0.39, 0.29) is 29.3 Å². The van der Waals surface area contributed by atoms with E-state index in [0.29, 0.717) is 55.6 Å². The SMILES string of the molecule is CCOC(=O)COCC1CCN(CCOc2nc(N3CC4CCC(C3)N4C)c3cnc(Cl)c(F)c3n2)CC1. The molecule has 0 aromatic carbocycles. The summed E-state index contributed by atoms with van der Waals surface area (Å²) in [6.45, 7) is 7.30. The number of anilines is 1. The summed E-state index contributed by atoms with van der Waals surface area (Å²) >= 11 is 5.99. The van der Waals surface area contributed by atoms with E-state index >= 15 is 0 Å². The van der Waals surface area contributed by atoms with Crippen LogP contribution in [0.3, 0.4) is 0 Å². The maximum Gasteiger partial charge on any atom is 0.332 e. The molecular formula is C26H36ClFN6O4. The number of fused-ring (bicyclic) bond motifs is 3. The van der Waals surface area contributed by atoms with Gasteiger partial charge < -0.3 is 19.1 Å². The summed E-state index contributed by atoms with van der Waals surface area (Å²) in [5.74, 6) is 0.108. The fourth-order valence-corrected chi connectivity index (χ4v) is 5.88. The number of piperazine rings is 1. The van der Waals surface area contributed by atoms with Crippen LogP contribution in [0, 0.1) is 11.7 Å². The monoisotopic (exact) mass is 550 g/mol. The van der Waals surface area contributed by atoms with E-state index in [9.17, 15) is 9.18 Å². The normalized spacial score (nSPS) is 22.8. The molecule has 3 saturated heterocycles. The summed E-state index contributed by atoms with van der Waals surface area (Å²) in [7, 11) is 2.17. The van der Waals surface area contributed by atoms with Crippen molar-refractivity contribution in [1.29, 1.82) is 0 Å². The first-order valence-electron chi connectivity index (χ1n) is 13.5. The van der Waals surface area contributed by atoms with Crippen molar-refractivity contribution in [1.82, 2.24) is 24.8 Å². The smallest absolute Gasteiger partial charge is 0.332 e. The van der Waals surface area contributed by atoms with Crippen LogP contribution < -0.4 is 9.64 Å². The van der Waals surface area contributed by atoms with Gasteiger partial charge in [0, 0.05) is 37.9 Å². The van der Waals surface area contributed by atoms with Crippen LogP contribution in [-0.4, -0.2) is 109 Å². The summed E-state index contributed by atoms with van der Waals surface area (Å²) < 4.78 is 31.3. The lowest BCUT2D eigenvalue weighted by Crippen LogP contribution is -2.52. The molecule has 3 aliphatic rings. The van der Waals surface area contributed by atoms with Gasteiger partial charge in [0.05, 0.1) is 18.6 Å². The molecule has 0 saturated carbocycles. The average Bonchev–Trinajstić information content (AvgIpc) is 3.11. The van der Waals surface area contributed by atoms with E-state index < -0.39 is 5.82 Å². The van der Waals surface area contributed by atoms with Crippen LogP contribution in [0.5, 0.6) is 6.01 Å². The Balaban J connectivity index is 1.18. The van der Waals surface area contributed by atoms with Crippen molar-refractivity contribution in [3.63, 3.8) is 0 Å². The number of halogens is 2. The second-order valence-electron chi connectivity index (χ2n) is 10.4. The Morgan fingerprint density at radius 3 is 2.61 bits per heavy atom. The predicted molar refractivity (Wildman–Crippen MR) is 141 cm³/mol. The Morgan fingerprint density at radius 1 is 1.16 bits per heavy atom. The van der Waals surface area contributed by atoms with Gasteiger partial charge in [-0.1, -0.05) is 11.6 Å². The minimum atomic E-state index is -0.651. The fourth-order valence-electron chi connectivity index (χ4n) is 5.75. The van der Waals surface area contributed by atoms with Crippen LogP contribution in [0.25, 0.3) is 10.9 Å². The number of hydrogen-bond acceptors (Lipinski definition) is 10. The molecule has 38 heavy (non-hydrogen) atoms. The van der Waals surface area contributed by atoms with Gasteiger partial charge in [-0.25, -0.2) is 14.2 Å². The van der Waals surface area contributed by atoms with E-state index in [0.717, 1.165) is 51.9 Å². The summed E-state index contributed by atoms with van der Waals surface area (Å²) in [6.07, 6.45) is 5.83. The van der Waals surface area contributed by atoms with Gasteiger partial charge in [-0.05, 0) is 58.7 Å². The number of ether oxygens (including phenoxy) is 3. The molecule has 5 heterocycles. The summed E-state index contributed by atoms with van der Waals surface area (Å²) in [6, 6.07) is 1.06. The first-order chi connectivity index (χ1) is 18.4. The van der Waals surface area contributed by atoms with Crippen molar-refractivity contribution in [3.8, 4) is 6.01 Å². The van der Waals surface area contributed by atoms with Crippen LogP contribution in [0.15, 0.2) is 6.20 Å². The molecule has 2 bridgehead atoms. The number of carbonyl (C=O) groups excluding carboxylic acids is 1. The van der Waals surface area contributed by atoms with Crippen molar-refractivity contribution in [2.75, 3.05) is 71.1 Å². The zero-order valence-corrected chi connectivity index (χ0v) is 22.8. The standard InChI is InChI=1S/C26H36ClFN6O4/c1-3-37-21(35)16-36-15-17-6-8-33(9-7-17)10-11-38-26-30-23-20(12-29-24(27)22(23)28)25(31-26)34-13-18-4-5-19(14-34)32(18)2/h12,17-19H,3-11,13-16H2,1-2H3. The lowest BCUT2D eigenvalue weighted by molar-refractivity contribution is -0.149. The largest absolute Gasteiger partial charge is 0.464 e. The third kappa shape index (κ3) is 6.11. The lowest BCUT2D eigenvalue weighted by Gasteiger charge is -2.39. The molecule has 0 amide bonds. The molecule has 0 aliphatic carbocycles. The number of aromatic nitrogens is 3. The highest BCUT2D eigenvalue weighted by Crippen LogP contribution is 2.35.